The van der Waals surface area contributed by atoms with Gasteiger partial charge in [0.25, 0.3) is 5.91 Å². The van der Waals surface area contributed by atoms with Crippen LogP contribution in [0.3, 0.4) is 0 Å². The van der Waals surface area contributed by atoms with Gasteiger partial charge in [-0.15, -0.1) is 0 Å². The second-order valence-electron chi connectivity index (χ2n) is 5.76. The van der Waals surface area contributed by atoms with Gasteiger partial charge in [0, 0.05) is 6.54 Å². The monoisotopic (exact) mass is 311 g/mol. The molecule has 0 bridgehead atoms. The lowest BCUT2D eigenvalue weighted by Gasteiger charge is -2.37. The number of methoxy groups -OCH3 is 1. The Morgan fingerprint density at radius 2 is 1.78 bits per heavy atom. The zero-order valence-electron chi connectivity index (χ0n) is 13.4. The fourth-order valence-electron chi connectivity index (χ4n) is 2.96. The smallest absolute Gasteiger partial charge is 0.257 e. The Balaban J connectivity index is 1.83. The molecule has 1 aliphatic rings. The first-order valence-electron chi connectivity index (χ1n) is 7.81. The first kappa shape index (κ1) is 15.6. The van der Waals surface area contributed by atoms with E-state index in [4.69, 9.17) is 9.47 Å². The zero-order chi connectivity index (χ0) is 16.2. The average molecular weight is 311 g/mol. The molecule has 0 aliphatic carbocycles. The van der Waals surface area contributed by atoms with Gasteiger partial charge in [-0.1, -0.05) is 42.5 Å². The zero-order valence-corrected chi connectivity index (χ0v) is 13.4. The Kier molecular flexibility index (Phi) is 4.63. The van der Waals surface area contributed by atoms with Crippen LogP contribution in [0.5, 0.6) is 5.75 Å². The summed E-state index contributed by atoms with van der Waals surface area (Å²) in [7, 11) is 1.58. The van der Waals surface area contributed by atoms with Crippen molar-refractivity contribution in [2.45, 2.75) is 19.1 Å². The van der Waals surface area contributed by atoms with E-state index in [1.807, 2.05) is 60.4 Å². The highest BCUT2D eigenvalue weighted by molar-refractivity contribution is 5.97. The molecule has 4 heteroatoms. The molecule has 0 spiro atoms. The Bertz CT molecular complexity index is 671. The van der Waals surface area contributed by atoms with Gasteiger partial charge in [0.2, 0.25) is 0 Å². The van der Waals surface area contributed by atoms with Crippen LogP contribution in [0.4, 0.5) is 0 Å². The van der Waals surface area contributed by atoms with Crippen molar-refractivity contribution < 1.29 is 14.3 Å². The van der Waals surface area contributed by atoms with Crippen molar-refractivity contribution in [1.29, 1.82) is 0 Å². The van der Waals surface area contributed by atoms with Crippen LogP contribution in [0.25, 0.3) is 0 Å². The van der Waals surface area contributed by atoms with Crippen LogP contribution in [-0.4, -0.2) is 37.1 Å². The van der Waals surface area contributed by atoms with E-state index in [2.05, 4.69) is 0 Å². The summed E-state index contributed by atoms with van der Waals surface area (Å²) in [5.41, 5.74) is 1.69. The van der Waals surface area contributed by atoms with Gasteiger partial charge in [-0.05, 0) is 24.6 Å². The Hall–Kier alpha value is -2.33. The molecule has 0 radical (unpaired) electrons. The molecule has 1 saturated heterocycles. The van der Waals surface area contributed by atoms with E-state index in [0.717, 1.165) is 5.56 Å². The van der Waals surface area contributed by atoms with Crippen molar-refractivity contribution in [3.05, 3.63) is 65.7 Å². The largest absolute Gasteiger partial charge is 0.496 e. The third kappa shape index (κ3) is 3.37. The summed E-state index contributed by atoms with van der Waals surface area (Å²) in [6.07, 6.45) is -0.105. The van der Waals surface area contributed by atoms with Crippen molar-refractivity contribution in [3.8, 4) is 5.75 Å². The highest BCUT2D eigenvalue weighted by atomic mass is 16.5. The minimum Gasteiger partial charge on any atom is -0.496 e. The summed E-state index contributed by atoms with van der Waals surface area (Å²) in [4.78, 5) is 14.7. The number of para-hydroxylation sites is 1. The van der Waals surface area contributed by atoms with Gasteiger partial charge in [-0.3, -0.25) is 4.79 Å². The minimum atomic E-state index is -0.0985. The lowest BCUT2D eigenvalue weighted by molar-refractivity contribution is -0.0692. The van der Waals surface area contributed by atoms with E-state index in [1.165, 1.54) is 0 Å². The van der Waals surface area contributed by atoms with Gasteiger partial charge < -0.3 is 14.4 Å². The Labute approximate surface area is 136 Å². The van der Waals surface area contributed by atoms with Gasteiger partial charge in [0.1, 0.15) is 11.9 Å². The second-order valence-corrected chi connectivity index (χ2v) is 5.76. The lowest BCUT2D eigenvalue weighted by atomic mass is 10.1. The normalized spacial score (nSPS) is 21.0. The summed E-state index contributed by atoms with van der Waals surface area (Å²) in [6.45, 7) is 3.13. The fourth-order valence-corrected chi connectivity index (χ4v) is 2.96. The topological polar surface area (TPSA) is 38.8 Å². The van der Waals surface area contributed by atoms with Crippen LogP contribution < -0.4 is 4.74 Å². The number of hydrogen-bond acceptors (Lipinski definition) is 3. The van der Waals surface area contributed by atoms with Crippen molar-refractivity contribution in [2.24, 2.45) is 0 Å². The molecule has 1 aliphatic heterocycles. The van der Waals surface area contributed by atoms with Crippen LogP contribution in [0.1, 0.15) is 28.9 Å². The highest BCUT2D eigenvalue weighted by Crippen LogP contribution is 2.27. The first-order chi connectivity index (χ1) is 11.2. The first-order valence-corrected chi connectivity index (χ1v) is 7.81. The number of rotatable bonds is 3. The van der Waals surface area contributed by atoms with Crippen molar-refractivity contribution in [2.75, 3.05) is 20.2 Å². The maximum absolute atomic E-state index is 12.9. The third-order valence-electron chi connectivity index (χ3n) is 4.06. The number of hydrogen-bond donors (Lipinski definition) is 0. The van der Waals surface area contributed by atoms with Gasteiger partial charge in [0.15, 0.2) is 0 Å². The molecule has 1 amide bonds. The predicted octanol–water partition coefficient (Wildman–Crippen LogP) is 3.30. The number of ether oxygens (including phenoxy) is 2. The number of carbonyl (C=O) groups is 1. The number of amides is 1. The summed E-state index contributed by atoms with van der Waals surface area (Å²) >= 11 is 0. The Morgan fingerprint density at radius 3 is 2.52 bits per heavy atom. The third-order valence-corrected chi connectivity index (χ3v) is 4.06. The van der Waals surface area contributed by atoms with Crippen molar-refractivity contribution >= 4 is 5.91 Å². The summed E-state index contributed by atoms with van der Waals surface area (Å²) in [5, 5.41) is 0. The SMILES string of the molecule is COc1ccccc1C(=O)N1CC(C)OC(c2ccccc2)C1. The molecule has 0 N–H and O–H groups in total. The molecule has 1 heterocycles. The maximum Gasteiger partial charge on any atom is 0.257 e. The van der Waals surface area contributed by atoms with Crippen molar-refractivity contribution in [1.82, 2.24) is 4.90 Å². The molecule has 23 heavy (non-hydrogen) atoms. The maximum atomic E-state index is 12.9. The quantitative estimate of drug-likeness (QED) is 0.873. The number of morpholine rings is 1. The van der Waals surface area contributed by atoms with E-state index in [9.17, 15) is 4.79 Å². The molecule has 4 nitrogen and oxygen atoms in total. The summed E-state index contributed by atoms with van der Waals surface area (Å²) < 4.78 is 11.3. The molecule has 2 unspecified atom stereocenters. The Morgan fingerprint density at radius 1 is 1.09 bits per heavy atom. The van der Waals surface area contributed by atoms with E-state index >= 15 is 0 Å². The predicted molar refractivity (Wildman–Crippen MR) is 88.6 cm³/mol. The average Bonchev–Trinajstić information content (AvgIpc) is 2.61. The fraction of sp³-hybridized carbons (Fsp3) is 0.316. The molecule has 0 saturated carbocycles. The van der Waals surface area contributed by atoms with Gasteiger partial charge in [-0.25, -0.2) is 0 Å². The second kappa shape index (κ2) is 6.84. The van der Waals surface area contributed by atoms with Gasteiger partial charge in [-0.2, -0.15) is 0 Å². The molecular formula is C19H21NO3. The molecular weight excluding hydrogens is 290 g/mol. The molecule has 2 atom stereocenters. The number of benzene rings is 2. The van der Waals surface area contributed by atoms with Gasteiger partial charge in [0.05, 0.1) is 25.3 Å². The van der Waals surface area contributed by atoms with E-state index in [1.54, 1.807) is 13.2 Å². The lowest BCUT2D eigenvalue weighted by Crippen LogP contribution is -2.46. The van der Waals surface area contributed by atoms with Crippen LogP contribution in [0.15, 0.2) is 54.6 Å². The van der Waals surface area contributed by atoms with E-state index < -0.39 is 0 Å². The van der Waals surface area contributed by atoms with Crippen LogP contribution in [0.2, 0.25) is 0 Å². The summed E-state index contributed by atoms with van der Waals surface area (Å²) in [6, 6.07) is 17.4. The van der Waals surface area contributed by atoms with Gasteiger partial charge >= 0.3 is 0 Å². The highest BCUT2D eigenvalue weighted by Gasteiger charge is 2.30. The molecule has 3 rings (SSSR count). The molecule has 1 fully saturated rings. The number of carbonyl (C=O) groups excluding carboxylic acids is 1. The van der Waals surface area contributed by atoms with Crippen LogP contribution in [-0.2, 0) is 4.74 Å². The molecule has 0 aromatic heterocycles. The van der Waals surface area contributed by atoms with Crippen LogP contribution in [0, 0.1) is 0 Å². The van der Waals surface area contributed by atoms with Crippen LogP contribution >= 0.6 is 0 Å². The minimum absolute atomic E-state index is 0.00684. The van der Waals surface area contributed by atoms with E-state index in [-0.39, 0.29) is 18.1 Å². The molecule has 2 aromatic rings. The molecule has 2 aromatic carbocycles. The standard InChI is InChI=1S/C19H21NO3/c1-14-12-20(13-18(23-14)15-8-4-3-5-9-15)19(21)16-10-6-7-11-17(16)22-2/h3-11,14,18H,12-13H2,1-2H3. The molecule has 120 valence electrons. The number of nitrogens with zero attached hydrogens (tertiary/aromatic N) is 1. The summed E-state index contributed by atoms with van der Waals surface area (Å²) in [5.74, 6) is 0.589. The van der Waals surface area contributed by atoms with E-state index in [0.29, 0.717) is 24.4 Å². The van der Waals surface area contributed by atoms with Crippen molar-refractivity contribution in [3.63, 3.8) is 0 Å².